The van der Waals surface area contributed by atoms with Crippen LogP contribution in [0.15, 0.2) is 0 Å². The summed E-state index contributed by atoms with van der Waals surface area (Å²) in [5.74, 6) is 3.13. The lowest BCUT2D eigenvalue weighted by Crippen LogP contribution is -2.34. The van der Waals surface area contributed by atoms with E-state index in [0.29, 0.717) is 12.5 Å². The Hall–Kier alpha value is 0.270. The van der Waals surface area contributed by atoms with E-state index < -0.39 is 0 Å². The van der Waals surface area contributed by atoms with Crippen LogP contribution in [0.4, 0.5) is 0 Å². The van der Waals surface area contributed by atoms with Crippen LogP contribution in [0.5, 0.6) is 0 Å². The van der Waals surface area contributed by atoms with Gasteiger partial charge in [0.25, 0.3) is 0 Å². The summed E-state index contributed by atoms with van der Waals surface area (Å²) in [5, 5.41) is 9.85. The molecule has 3 heteroatoms. The van der Waals surface area contributed by atoms with Gasteiger partial charge >= 0.3 is 0 Å². The fraction of sp³-hybridized carbons (Fsp3) is 1.00. The average Bonchev–Trinajstić information content (AvgIpc) is 2.17. The second-order valence-electron chi connectivity index (χ2n) is 3.68. The number of aliphatic hydroxyl groups is 1. The van der Waals surface area contributed by atoms with Crippen LogP contribution < -0.4 is 5.73 Å². The third-order valence-corrected chi connectivity index (χ3v) is 3.87. The van der Waals surface area contributed by atoms with Crippen LogP contribution in [0.25, 0.3) is 0 Å². The van der Waals surface area contributed by atoms with Gasteiger partial charge in [0, 0.05) is 0 Å². The number of hydrogen-bond donors (Lipinski definition) is 2. The zero-order valence-corrected chi connectivity index (χ0v) is 8.52. The van der Waals surface area contributed by atoms with Crippen molar-refractivity contribution >= 4 is 11.8 Å². The van der Waals surface area contributed by atoms with Gasteiger partial charge in [0.05, 0.1) is 6.10 Å². The second kappa shape index (κ2) is 5.10. The second-order valence-corrected chi connectivity index (χ2v) is 4.83. The third kappa shape index (κ3) is 2.64. The molecule has 1 aliphatic rings. The molecule has 1 heterocycles. The molecule has 2 nitrogen and oxygen atoms in total. The summed E-state index contributed by atoms with van der Waals surface area (Å²) in [5.41, 5.74) is 5.51. The maximum absolute atomic E-state index is 9.85. The van der Waals surface area contributed by atoms with Gasteiger partial charge in [0.2, 0.25) is 0 Å². The Morgan fingerprint density at radius 1 is 1.67 bits per heavy atom. The first kappa shape index (κ1) is 10.4. The zero-order valence-electron chi connectivity index (χ0n) is 7.70. The first-order valence-corrected chi connectivity index (χ1v) is 5.87. The van der Waals surface area contributed by atoms with E-state index in [4.69, 9.17) is 5.73 Å². The highest BCUT2D eigenvalue weighted by Gasteiger charge is 2.25. The third-order valence-electron chi connectivity index (χ3n) is 2.63. The Morgan fingerprint density at radius 2 is 2.42 bits per heavy atom. The van der Waals surface area contributed by atoms with Gasteiger partial charge in [0.1, 0.15) is 0 Å². The molecule has 0 aliphatic carbocycles. The van der Waals surface area contributed by atoms with Gasteiger partial charge in [-0.25, -0.2) is 0 Å². The fourth-order valence-electron chi connectivity index (χ4n) is 1.64. The molecule has 1 saturated heterocycles. The van der Waals surface area contributed by atoms with Gasteiger partial charge < -0.3 is 10.8 Å². The molecule has 3 atom stereocenters. The highest BCUT2D eigenvalue weighted by Crippen LogP contribution is 2.27. The number of hydrogen-bond acceptors (Lipinski definition) is 3. The highest BCUT2D eigenvalue weighted by molar-refractivity contribution is 7.99. The van der Waals surface area contributed by atoms with E-state index in [9.17, 15) is 5.11 Å². The molecule has 0 aromatic rings. The van der Waals surface area contributed by atoms with Crippen molar-refractivity contribution in [2.24, 2.45) is 17.6 Å². The Labute approximate surface area is 78.9 Å². The van der Waals surface area contributed by atoms with Crippen molar-refractivity contribution in [1.29, 1.82) is 0 Å². The highest BCUT2D eigenvalue weighted by atomic mass is 32.2. The molecule has 0 saturated carbocycles. The first-order valence-electron chi connectivity index (χ1n) is 4.71. The molecule has 1 aliphatic heterocycles. The minimum absolute atomic E-state index is 0.178. The van der Waals surface area contributed by atoms with E-state index in [1.54, 1.807) is 0 Å². The monoisotopic (exact) mass is 189 g/mol. The van der Waals surface area contributed by atoms with E-state index in [1.165, 1.54) is 18.6 Å². The number of nitrogens with two attached hydrogens (primary N) is 1. The molecular formula is C9H19NOS. The van der Waals surface area contributed by atoms with Crippen molar-refractivity contribution in [3.8, 4) is 0 Å². The van der Waals surface area contributed by atoms with Crippen LogP contribution in [0.1, 0.15) is 19.8 Å². The molecule has 0 spiro atoms. The summed E-state index contributed by atoms with van der Waals surface area (Å²) in [4.78, 5) is 0. The van der Waals surface area contributed by atoms with Crippen LogP contribution in [0.2, 0.25) is 0 Å². The summed E-state index contributed by atoms with van der Waals surface area (Å²) < 4.78 is 0. The van der Waals surface area contributed by atoms with Gasteiger partial charge in [0.15, 0.2) is 0 Å². The normalized spacial score (nSPS) is 29.8. The molecule has 0 amide bonds. The van der Waals surface area contributed by atoms with Crippen LogP contribution in [0, 0.1) is 11.8 Å². The molecule has 72 valence electrons. The standard InChI is InChI=1S/C9H19NOS/c1-7(5-10)9(11)8-3-2-4-12-6-8/h7-9,11H,2-6,10H2,1H3. The van der Waals surface area contributed by atoms with E-state index >= 15 is 0 Å². The summed E-state index contributed by atoms with van der Waals surface area (Å²) in [7, 11) is 0. The SMILES string of the molecule is CC(CN)C(O)C1CCCSC1. The Morgan fingerprint density at radius 3 is 2.92 bits per heavy atom. The first-order chi connectivity index (χ1) is 5.75. The zero-order chi connectivity index (χ0) is 8.97. The maximum Gasteiger partial charge on any atom is 0.0613 e. The van der Waals surface area contributed by atoms with Crippen molar-refractivity contribution in [3.05, 3.63) is 0 Å². The molecule has 3 N–H and O–H groups in total. The number of aliphatic hydroxyl groups excluding tert-OH is 1. The Balaban J connectivity index is 2.33. The number of thioether (sulfide) groups is 1. The summed E-state index contributed by atoms with van der Waals surface area (Å²) >= 11 is 1.96. The molecule has 12 heavy (non-hydrogen) atoms. The lowest BCUT2D eigenvalue weighted by Gasteiger charge is -2.29. The van der Waals surface area contributed by atoms with Crippen molar-refractivity contribution in [3.63, 3.8) is 0 Å². The Bertz CT molecular complexity index is 126. The smallest absolute Gasteiger partial charge is 0.0613 e. The summed E-state index contributed by atoms with van der Waals surface area (Å²) in [6.07, 6.45) is 2.25. The average molecular weight is 189 g/mol. The van der Waals surface area contributed by atoms with Crippen LogP contribution in [0.3, 0.4) is 0 Å². The fourth-order valence-corrected chi connectivity index (χ4v) is 2.84. The van der Waals surface area contributed by atoms with E-state index in [0.717, 1.165) is 5.75 Å². The Kier molecular flexibility index (Phi) is 4.40. The topological polar surface area (TPSA) is 46.2 Å². The summed E-state index contributed by atoms with van der Waals surface area (Å²) in [6, 6.07) is 0. The van der Waals surface area contributed by atoms with Gasteiger partial charge in [-0.1, -0.05) is 6.92 Å². The van der Waals surface area contributed by atoms with Crippen molar-refractivity contribution in [2.45, 2.75) is 25.9 Å². The van der Waals surface area contributed by atoms with Crippen molar-refractivity contribution in [2.75, 3.05) is 18.1 Å². The molecule has 0 radical (unpaired) electrons. The molecule has 0 bridgehead atoms. The van der Waals surface area contributed by atoms with E-state index in [-0.39, 0.29) is 12.0 Å². The van der Waals surface area contributed by atoms with Crippen molar-refractivity contribution < 1.29 is 5.11 Å². The quantitative estimate of drug-likeness (QED) is 0.698. The minimum atomic E-state index is -0.178. The molecule has 1 fully saturated rings. The molecular weight excluding hydrogens is 170 g/mol. The predicted molar refractivity (Wildman–Crippen MR) is 54.3 cm³/mol. The molecule has 0 aromatic heterocycles. The van der Waals surface area contributed by atoms with Gasteiger partial charge in [-0.05, 0) is 42.7 Å². The lowest BCUT2D eigenvalue weighted by atomic mass is 9.90. The van der Waals surface area contributed by atoms with Crippen LogP contribution in [-0.4, -0.2) is 29.3 Å². The van der Waals surface area contributed by atoms with Gasteiger partial charge in [-0.15, -0.1) is 0 Å². The van der Waals surface area contributed by atoms with Crippen LogP contribution >= 0.6 is 11.8 Å². The van der Waals surface area contributed by atoms with E-state index in [1.807, 2.05) is 18.7 Å². The van der Waals surface area contributed by atoms with Crippen molar-refractivity contribution in [1.82, 2.24) is 0 Å². The van der Waals surface area contributed by atoms with Gasteiger partial charge in [-0.3, -0.25) is 0 Å². The molecule has 0 aromatic carbocycles. The maximum atomic E-state index is 9.85. The van der Waals surface area contributed by atoms with Crippen LogP contribution in [-0.2, 0) is 0 Å². The minimum Gasteiger partial charge on any atom is -0.392 e. The molecule has 3 unspecified atom stereocenters. The van der Waals surface area contributed by atoms with Gasteiger partial charge in [-0.2, -0.15) is 11.8 Å². The molecule has 1 rings (SSSR count). The lowest BCUT2D eigenvalue weighted by molar-refractivity contribution is 0.0652. The predicted octanol–water partition coefficient (Wildman–Crippen LogP) is 1.09. The van der Waals surface area contributed by atoms with E-state index in [2.05, 4.69) is 0 Å². The number of rotatable bonds is 3. The summed E-state index contributed by atoms with van der Waals surface area (Å²) in [6.45, 7) is 2.63. The largest absolute Gasteiger partial charge is 0.392 e.